The van der Waals surface area contributed by atoms with Gasteiger partial charge in [-0.1, -0.05) is 30.3 Å². The minimum atomic E-state index is -0.158. The number of ketones is 1. The topological polar surface area (TPSA) is 59.4 Å². The summed E-state index contributed by atoms with van der Waals surface area (Å²) < 4.78 is 5.64. The van der Waals surface area contributed by atoms with Crippen molar-refractivity contribution in [2.75, 3.05) is 0 Å². The number of aromatic nitrogens is 1. The molecule has 0 amide bonds. The monoisotopic (exact) mass is 337 g/mol. The van der Waals surface area contributed by atoms with Crippen molar-refractivity contribution >= 4 is 23.2 Å². The fraction of sp³-hybridized carbons (Fsp3) is 0.0526. The van der Waals surface area contributed by atoms with Crippen LogP contribution in [0.3, 0.4) is 0 Å². The Morgan fingerprint density at radius 1 is 1.21 bits per heavy atom. The van der Waals surface area contributed by atoms with E-state index in [9.17, 15) is 9.90 Å². The smallest absolute Gasteiger partial charge is 0.185 e. The van der Waals surface area contributed by atoms with E-state index in [1.807, 2.05) is 29.6 Å². The van der Waals surface area contributed by atoms with Crippen LogP contribution >= 0.6 is 11.3 Å². The number of hydrogen-bond donors (Lipinski definition) is 1. The molecule has 0 atom stereocenters. The summed E-state index contributed by atoms with van der Waals surface area (Å²) in [4.78, 5) is 16.2. The van der Waals surface area contributed by atoms with Crippen molar-refractivity contribution < 1.29 is 14.6 Å². The summed E-state index contributed by atoms with van der Waals surface area (Å²) in [7, 11) is 0. The molecule has 5 heteroatoms. The molecule has 0 bridgehead atoms. The highest BCUT2D eigenvalue weighted by Crippen LogP contribution is 2.16. The summed E-state index contributed by atoms with van der Waals surface area (Å²) >= 11 is 1.54. The summed E-state index contributed by atoms with van der Waals surface area (Å²) in [6.07, 6.45) is 3.22. The van der Waals surface area contributed by atoms with Crippen molar-refractivity contribution in [3.05, 3.63) is 82.3 Å². The number of allylic oxidation sites excluding steroid dienone is 1. The van der Waals surface area contributed by atoms with Gasteiger partial charge < -0.3 is 9.84 Å². The molecule has 1 N–H and O–H groups in total. The summed E-state index contributed by atoms with van der Waals surface area (Å²) in [6.45, 7) is 0.439. The number of phenols is 1. The molecule has 0 spiro atoms. The minimum Gasteiger partial charge on any atom is -0.508 e. The minimum absolute atomic E-state index is 0.0795. The van der Waals surface area contributed by atoms with Crippen molar-refractivity contribution in [3.8, 4) is 11.5 Å². The van der Waals surface area contributed by atoms with Gasteiger partial charge in [0, 0.05) is 10.9 Å². The molecule has 3 aromatic rings. The lowest BCUT2D eigenvalue weighted by Gasteiger charge is -2.04. The van der Waals surface area contributed by atoms with Crippen LogP contribution in [0.15, 0.2) is 65.5 Å². The zero-order valence-electron chi connectivity index (χ0n) is 12.8. The molecule has 120 valence electrons. The number of benzene rings is 2. The first kappa shape index (κ1) is 16.0. The molecule has 0 aliphatic heterocycles. The molecule has 1 heterocycles. The van der Waals surface area contributed by atoms with Crippen LogP contribution in [-0.2, 0) is 6.61 Å². The van der Waals surface area contributed by atoms with Crippen LogP contribution in [0.5, 0.6) is 11.5 Å². The second-order valence-electron chi connectivity index (χ2n) is 5.09. The van der Waals surface area contributed by atoms with Crippen molar-refractivity contribution in [1.29, 1.82) is 0 Å². The Labute approximate surface area is 143 Å². The van der Waals surface area contributed by atoms with Crippen LogP contribution in [-0.4, -0.2) is 15.9 Å². The molecular weight excluding hydrogens is 322 g/mol. The largest absolute Gasteiger partial charge is 0.508 e. The van der Waals surface area contributed by atoms with Crippen LogP contribution in [0.4, 0.5) is 0 Å². The average molecular weight is 337 g/mol. The van der Waals surface area contributed by atoms with Gasteiger partial charge in [0.2, 0.25) is 0 Å². The summed E-state index contributed by atoms with van der Waals surface area (Å²) in [5.74, 6) is 0.671. The van der Waals surface area contributed by atoms with Gasteiger partial charge >= 0.3 is 0 Å². The third kappa shape index (κ3) is 4.30. The number of hydrogen-bond acceptors (Lipinski definition) is 5. The molecule has 0 radical (unpaired) electrons. The number of aromatic hydroxyl groups is 1. The van der Waals surface area contributed by atoms with Gasteiger partial charge in [0.1, 0.15) is 18.1 Å². The van der Waals surface area contributed by atoms with Crippen LogP contribution in [0.25, 0.3) is 6.08 Å². The molecule has 3 rings (SSSR count). The van der Waals surface area contributed by atoms with Gasteiger partial charge in [-0.3, -0.25) is 4.79 Å². The van der Waals surface area contributed by atoms with E-state index in [1.54, 1.807) is 23.7 Å². The van der Waals surface area contributed by atoms with Crippen LogP contribution in [0.1, 0.15) is 21.6 Å². The first-order valence-electron chi connectivity index (χ1n) is 7.32. The molecule has 2 aromatic carbocycles. The second-order valence-corrected chi connectivity index (χ2v) is 5.80. The number of phenolic OH excluding ortho intramolecular Hbond substituents is 1. The highest BCUT2D eigenvalue weighted by molar-refractivity contribution is 7.07. The van der Waals surface area contributed by atoms with E-state index < -0.39 is 0 Å². The molecular formula is C19H15NO3S. The summed E-state index contributed by atoms with van der Waals surface area (Å²) in [5, 5.41) is 11.4. The predicted molar refractivity (Wildman–Crippen MR) is 94.4 cm³/mol. The Kier molecular flexibility index (Phi) is 5.03. The highest BCUT2D eigenvalue weighted by atomic mass is 32.1. The summed E-state index contributed by atoms with van der Waals surface area (Å²) in [6, 6.07) is 13.8. The SMILES string of the molecule is O=C(/C=C/c1ccc(OCc2cscn2)cc1)c1cccc(O)c1. The standard InChI is InChI=1S/C19H15NO3S/c21-17-3-1-2-15(10-17)19(22)9-6-14-4-7-18(8-5-14)23-11-16-12-24-13-20-16/h1-10,12-13,21H,11H2/b9-6+. The van der Waals surface area contributed by atoms with Gasteiger partial charge in [-0.15, -0.1) is 11.3 Å². The zero-order valence-corrected chi connectivity index (χ0v) is 13.6. The lowest BCUT2D eigenvalue weighted by Crippen LogP contribution is -1.95. The Hall–Kier alpha value is -2.92. The van der Waals surface area contributed by atoms with E-state index in [0.717, 1.165) is 17.0 Å². The molecule has 0 aliphatic carbocycles. The number of carbonyl (C=O) groups is 1. The maximum Gasteiger partial charge on any atom is 0.185 e. The molecule has 0 unspecified atom stereocenters. The van der Waals surface area contributed by atoms with Crippen LogP contribution < -0.4 is 4.74 Å². The molecule has 0 saturated heterocycles. The lowest BCUT2D eigenvalue weighted by atomic mass is 10.1. The van der Waals surface area contributed by atoms with Crippen molar-refractivity contribution in [2.24, 2.45) is 0 Å². The fourth-order valence-corrected chi connectivity index (χ4v) is 2.61. The Bertz CT molecular complexity index is 839. The third-order valence-corrected chi connectivity index (χ3v) is 3.94. The number of nitrogens with zero attached hydrogens (tertiary/aromatic N) is 1. The molecule has 4 nitrogen and oxygen atoms in total. The van der Waals surface area contributed by atoms with Crippen molar-refractivity contribution in [3.63, 3.8) is 0 Å². The zero-order chi connectivity index (χ0) is 16.8. The lowest BCUT2D eigenvalue weighted by molar-refractivity contribution is 0.104. The first-order chi connectivity index (χ1) is 11.7. The van der Waals surface area contributed by atoms with E-state index in [2.05, 4.69) is 4.98 Å². The number of rotatable bonds is 6. The average Bonchev–Trinajstić information content (AvgIpc) is 3.12. The maximum absolute atomic E-state index is 12.0. The van der Waals surface area contributed by atoms with Gasteiger partial charge in [-0.05, 0) is 35.9 Å². The quantitative estimate of drug-likeness (QED) is 0.537. The van der Waals surface area contributed by atoms with E-state index >= 15 is 0 Å². The van der Waals surface area contributed by atoms with Gasteiger partial charge in [-0.2, -0.15) is 0 Å². The Balaban J connectivity index is 1.60. The van der Waals surface area contributed by atoms with Gasteiger partial charge in [0.15, 0.2) is 5.78 Å². The van der Waals surface area contributed by atoms with E-state index in [-0.39, 0.29) is 11.5 Å². The predicted octanol–water partition coefficient (Wildman–Crippen LogP) is 4.32. The molecule has 1 aromatic heterocycles. The second kappa shape index (κ2) is 7.57. The first-order valence-corrected chi connectivity index (χ1v) is 8.26. The molecule has 0 aliphatic rings. The number of thiazole rings is 1. The van der Waals surface area contributed by atoms with Crippen molar-refractivity contribution in [1.82, 2.24) is 4.98 Å². The number of carbonyl (C=O) groups excluding carboxylic acids is 1. The van der Waals surface area contributed by atoms with E-state index in [0.29, 0.717) is 12.2 Å². The normalized spacial score (nSPS) is 10.8. The summed E-state index contributed by atoms with van der Waals surface area (Å²) in [5.41, 5.74) is 4.02. The van der Waals surface area contributed by atoms with Crippen LogP contribution in [0, 0.1) is 0 Å². The molecule has 0 fully saturated rings. The van der Waals surface area contributed by atoms with E-state index in [1.165, 1.54) is 29.5 Å². The molecule has 0 saturated carbocycles. The van der Waals surface area contributed by atoms with Crippen molar-refractivity contribution in [2.45, 2.75) is 6.61 Å². The van der Waals surface area contributed by atoms with Crippen LogP contribution in [0.2, 0.25) is 0 Å². The van der Waals surface area contributed by atoms with Gasteiger partial charge in [0.05, 0.1) is 11.2 Å². The number of ether oxygens (including phenoxy) is 1. The van der Waals surface area contributed by atoms with E-state index in [4.69, 9.17) is 4.74 Å². The maximum atomic E-state index is 12.0. The highest BCUT2D eigenvalue weighted by Gasteiger charge is 2.02. The third-order valence-electron chi connectivity index (χ3n) is 3.31. The Morgan fingerprint density at radius 2 is 2.04 bits per heavy atom. The van der Waals surface area contributed by atoms with Gasteiger partial charge in [0.25, 0.3) is 0 Å². The molecule has 24 heavy (non-hydrogen) atoms. The fourth-order valence-electron chi connectivity index (χ4n) is 2.07. The van der Waals surface area contributed by atoms with Gasteiger partial charge in [-0.25, -0.2) is 4.98 Å². The Morgan fingerprint density at radius 3 is 2.75 bits per heavy atom.